The Bertz CT molecular complexity index is 523. The molecule has 1 aromatic heterocycles. The number of nitrogens with zero attached hydrogens (tertiary/aromatic N) is 3. The first-order valence-corrected chi connectivity index (χ1v) is 5.03. The molecule has 1 rings (SSSR count). The number of likely N-dealkylation sites (N-methyl/N-ethyl adjacent to an activating group) is 1. The first kappa shape index (κ1) is 13.4. The highest BCUT2D eigenvalue weighted by atomic mass is 16.6. The van der Waals surface area contributed by atoms with Gasteiger partial charge in [0.25, 0.3) is 0 Å². The predicted octanol–water partition coefficient (Wildman–Crippen LogP) is 0.408. The molecular formula is C10H11N5O3. The Morgan fingerprint density at radius 2 is 2.33 bits per heavy atom. The maximum absolute atomic E-state index is 11.3. The quantitative estimate of drug-likeness (QED) is 0.588. The second-order valence-corrected chi connectivity index (χ2v) is 3.40. The Morgan fingerprint density at radius 3 is 2.83 bits per heavy atom. The van der Waals surface area contributed by atoms with Crippen LogP contribution in [0.4, 0.5) is 11.5 Å². The Labute approximate surface area is 103 Å². The van der Waals surface area contributed by atoms with Crippen molar-refractivity contribution in [1.82, 2.24) is 10.3 Å². The summed E-state index contributed by atoms with van der Waals surface area (Å²) < 4.78 is 0. The lowest BCUT2D eigenvalue weighted by molar-refractivity contribution is -0.384. The zero-order valence-corrected chi connectivity index (χ0v) is 9.80. The van der Waals surface area contributed by atoms with E-state index in [-0.39, 0.29) is 17.3 Å². The molecule has 0 saturated heterocycles. The number of nitrogens with one attached hydrogen (secondary N) is 2. The van der Waals surface area contributed by atoms with Crippen molar-refractivity contribution < 1.29 is 9.72 Å². The predicted molar refractivity (Wildman–Crippen MR) is 62.8 cm³/mol. The van der Waals surface area contributed by atoms with Crippen molar-refractivity contribution in [3.05, 3.63) is 27.9 Å². The number of hydrogen-bond acceptors (Lipinski definition) is 6. The van der Waals surface area contributed by atoms with Crippen LogP contribution in [0.25, 0.3) is 0 Å². The van der Waals surface area contributed by atoms with Crippen LogP contribution in [0.3, 0.4) is 0 Å². The van der Waals surface area contributed by atoms with Gasteiger partial charge in [-0.2, -0.15) is 5.26 Å². The molecule has 0 saturated carbocycles. The van der Waals surface area contributed by atoms with Gasteiger partial charge in [-0.1, -0.05) is 0 Å². The smallest absolute Gasteiger partial charge is 0.328 e. The number of aromatic nitrogens is 1. The molecule has 0 aliphatic carbocycles. The van der Waals surface area contributed by atoms with Gasteiger partial charge < -0.3 is 10.6 Å². The molecule has 1 heterocycles. The van der Waals surface area contributed by atoms with Crippen LogP contribution in [0.1, 0.15) is 12.5 Å². The molecule has 1 unspecified atom stereocenters. The number of carbonyl (C=O) groups is 1. The summed E-state index contributed by atoms with van der Waals surface area (Å²) in [5.41, 5.74) is -0.544. The van der Waals surface area contributed by atoms with Gasteiger partial charge >= 0.3 is 5.69 Å². The summed E-state index contributed by atoms with van der Waals surface area (Å²) in [6.07, 6.45) is 1.27. The molecule has 1 aromatic rings. The third-order valence-corrected chi connectivity index (χ3v) is 2.22. The van der Waals surface area contributed by atoms with E-state index in [1.165, 1.54) is 26.2 Å². The molecule has 0 radical (unpaired) electrons. The van der Waals surface area contributed by atoms with Gasteiger partial charge in [0.15, 0.2) is 0 Å². The second kappa shape index (κ2) is 5.58. The monoisotopic (exact) mass is 249 g/mol. The summed E-state index contributed by atoms with van der Waals surface area (Å²) in [5.74, 6) is -0.441. The van der Waals surface area contributed by atoms with Crippen LogP contribution in [0, 0.1) is 21.4 Å². The van der Waals surface area contributed by atoms with Crippen molar-refractivity contribution in [3.63, 3.8) is 0 Å². The molecule has 2 N–H and O–H groups in total. The van der Waals surface area contributed by atoms with E-state index in [4.69, 9.17) is 5.26 Å². The van der Waals surface area contributed by atoms with Crippen molar-refractivity contribution in [2.45, 2.75) is 13.0 Å². The van der Waals surface area contributed by atoms with Gasteiger partial charge in [0.05, 0.1) is 4.92 Å². The van der Waals surface area contributed by atoms with Gasteiger partial charge in [0.2, 0.25) is 11.7 Å². The molecule has 94 valence electrons. The van der Waals surface area contributed by atoms with Crippen molar-refractivity contribution in [2.24, 2.45) is 0 Å². The highest BCUT2D eigenvalue weighted by Crippen LogP contribution is 2.25. The fourth-order valence-corrected chi connectivity index (χ4v) is 1.32. The normalized spacial score (nSPS) is 11.2. The lowest BCUT2D eigenvalue weighted by Gasteiger charge is -2.12. The van der Waals surface area contributed by atoms with Crippen LogP contribution in [0.15, 0.2) is 12.3 Å². The van der Waals surface area contributed by atoms with Crippen molar-refractivity contribution in [2.75, 3.05) is 12.4 Å². The zero-order chi connectivity index (χ0) is 13.7. The summed E-state index contributed by atoms with van der Waals surface area (Å²) in [6.45, 7) is 1.53. The number of pyridine rings is 1. The van der Waals surface area contributed by atoms with Crippen LogP contribution in [-0.2, 0) is 4.79 Å². The molecule has 18 heavy (non-hydrogen) atoms. The minimum atomic E-state index is -0.704. The van der Waals surface area contributed by atoms with E-state index >= 15 is 0 Å². The Kier molecular flexibility index (Phi) is 4.15. The van der Waals surface area contributed by atoms with Gasteiger partial charge in [-0.05, 0) is 13.0 Å². The first-order chi connectivity index (χ1) is 8.51. The highest BCUT2D eigenvalue weighted by Gasteiger charge is 2.23. The fourth-order valence-electron chi connectivity index (χ4n) is 1.32. The van der Waals surface area contributed by atoms with Crippen LogP contribution >= 0.6 is 0 Å². The lowest BCUT2D eigenvalue weighted by Crippen LogP contribution is -2.35. The van der Waals surface area contributed by atoms with E-state index in [9.17, 15) is 14.9 Å². The second-order valence-electron chi connectivity index (χ2n) is 3.40. The Hall–Kier alpha value is -2.69. The average Bonchev–Trinajstić information content (AvgIpc) is 2.36. The van der Waals surface area contributed by atoms with Crippen molar-refractivity contribution in [1.29, 1.82) is 5.26 Å². The lowest BCUT2D eigenvalue weighted by atomic mass is 10.2. The number of amides is 1. The van der Waals surface area contributed by atoms with Gasteiger partial charge in [-0.3, -0.25) is 14.9 Å². The van der Waals surface area contributed by atoms with E-state index in [0.29, 0.717) is 0 Å². The van der Waals surface area contributed by atoms with E-state index < -0.39 is 16.7 Å². The first-order valence-electron chi connectivity index (χ1n) is 5.03. The standard InChI is InChI=1S/C10H11N5O3/c1-6(10(16)12-2)14-9-8(15(17)18)7(5-11)3-4-13-9/h3-4,6H,1-2H3,(H,12,16)(H,13,14). The van der Waals surface area contributed by atoms with Gasteiger partial charge in [-0.25, -0.2) is 4.98 Å². The van der Waals surface area contributed by atoms with Crippen LogP contribution < -0.4 is 10.6 Å². The molecule has 8 nitrogen and oxygen atoms in total. The highest BCUT2D eigenvalue weighted by molar-refractivity contribution is 5.84. The van der Waals surface area contributed by atoms with Crippen LogP contribution in [0.2, 0.25) is 0 Å². The molecule has 1 atom stereocenters. The topological polar surface area (TPSA) is 121 Å². The fraction of sp³-hybridized carbons (Fsp3) is 0.300. The summed E-state index contributed by atoms with van der Waals surface area (Å²) in [5, 5.41) is 24.7. The summed E-state index contributed by atoms with van der Waals surface area (Å²) in [7, 11) is 1.45. The Morgan fingerprint density at radius 1 is 1.67 bits per heavy atom. The number of carbonyl (C=O) groups excluding carboxylic acids is 1. The van der Waals surface area contributed by atoms with E-state index in [1.54, 1.807) is 6.07 Å². The molecule has 0 aliphatic rings. The van der Waals surface area contributed by atoms with Gasteiger partial charge in [0.1, 0.15) is 17.7 Å². The van der Waals surface area contributed by atoms with Gasteiger partial charge in [-0.15, -0.1) is 0 Å². The number of nitriles is 1. The minimum Gasteiger partial charge on any atom is -0.357 e. The maximum Gasteiger partial charge on any atom is 0.328 e. The van der Waals surface area contributed by atoms with Gasteiger partial charge in [0, 0.05) is 13.2 Å². The minimum absolute atomic E-state index is 0.102. The average molecular weight is 249 g/mol. The van der Waals surface area contributed by atoms with Crippen LogP contribution in [0.5, 0.6) is 0 Å². The van der Waals surface area contributed by atoms with Crippen molar-refractivity contribution in [3.8, 4) is 6.07 Å². The van der Waals surface area contributed by atoms with Crippen LogP contribution in [-0.4, -0.2) is 28.9 Å². The largest absolute Gasteiger partial charge is 0.357 e. The molecular weight excluding hydrogens is 238 g/mol. The molecule has 0 spiro atoms. The number of rotatable bonds is 4. The molecule has 0 aliphatic heterocycles. The maximum atomic E-state index is 11.3. The summed E-state index contributed by atoms with van der Waals surface area (Å²) in [4.78, 5) is 25.3. The third-order valence-electron chi connectivity index (χ3n) is 2.22. The van der Waals surface area contributed by atoms with E-state index in [2.05, 4.69) is 15.6 Å². The SMILES string of the molecule is CNC(=O)C(C)Nc1nccc(C#N)c1[N+](=O)[O-]. The molecule has 0 bridgehead atoms. The zero-order valence-electron chi connectivity index (χ0n) is 9.80. The van der Waals surface area contributed by atoms with Crippen molar-refractivity contribution >= 4 is 17.4 Å². The molecule has 1 amide bonds. The Balaban J connectivity index is 3.14. The molecule has 0 fully saturated rings. The van der Waals surface area contributed by atoms with E-state index in [1.807, 2.05) is 0 Å². The number of hydrogen-bond donors (Lipinski definition) is 2. The number of anilines is 1. The summed E-state index contributed by atoms with van der Waals surface area (Å²) >= 11 is 0. The molecule has 8 heteroatoms. The third kappa shape index (κ3) is 2.70. The molecule has 0 aromatic carbocycles. The number of nitro groups is 1. The van der Waals surface area contributed by atoms with E-state index in [0.717, 1.165) is 0 Å². The summed E-state index contributed by atoms with van der Waals surface area (Å²) in [6, 6.07) is 2.26.